The molecule has 1 saturated heterocycles. The maximum Gasteiger partial charge on any atom is 0.251 e. The number of anilines is 1. The summed E-state index contributed by atoms with van der Waals surface area (Å²) in [5.74, 6) is -2.68. The Morgan fingerprint density at radius 2 is 1.89 bits per heavy atom. The third kappa shape index (κ3) is 2.76. The molecule has 18 heavy (non-hydrogen) atoms. The zero-order chi connectivity index (χ0) is 13.1. The van der Waals surface area contributed by atoms with Crippen molar-refractivity contribution in [3.63, 3.8) is 0 Å². The van der Waals surface area contributed by atoms with Crippen LogP contribution in [0.2, 0.25) is 0 Å². The van der Waals surface area contributed by atoms with Crippen LogP contribution >= 0.6 is 0 Å². The Kier molecular flexibility index (Phi) is 4.09. The molecule has 5 heteroatoms. The highest BCUT2D eigenvalue weighted by Gasteiger charge is 2.23. The number of pyridine rings is 1. The van der Waals surface area contributed by atoms with Crippen LogP contribution in [0.4, 0.5) is 19.0 Å². The van der Waals surface area contributed by atoms with Crippen molar-refractivity contribution in [2.45, 2.75) is 32.6 Å². The van der Waals surface area contributed by atoms with E-state index in [2.05, 4.69) is 11.9 Å². The van der Waals surface area contributed by atoms with Crippen molar-refractivity contribution in [2.24, 2.45) is 5.92 Å². The van der Waals surface area contributed by atoms with Gasteiger partial charge < -0.3 is 4.90 Å². The number of nitrogens with zero attached hydrogens (tertiary/aromatic N) is 2. The van der Waals surface area contributed by atoms with Crippen LogP contribution in [0.25, 0.3) is 0 Å². The van der Waals surface area contributed by atoms with Gasteiger partial charge in [-0.15, -0.1) is 0 Å². The van der Waals surface area contributed by atoms with Crippen molar-refractivity contribution in [1.82, 2.24) is 4.98 Å². The molecule has 1 aromatic rings. The van der Waals surface area contributed by atoms with Gasteiger partial charge in [0, 0.05) is 19.2 Å². The van der Waals surface area contributed by atoms with E-state index in [1.807, 2.05) is 0 Å². The number of rotatable bonds is 3. The molecule has 0 amide bonds. The Labute approximate surface area is 105 Å². The molecule has 0 radical (unpaired) electrons. The molecule has 1 aliphatic heterocycles. The fraction of sp³-hybridized carbons (Fsp3) is 0.615. The molecule has 0 unspecified atom stereocenters. The standard InChI is InChI=1S/C13H17F3N2/c1-2-3-9-4-6-18(7-5-9)13-11(15)8-10(14)12(16)17-13/h8-9H,2-7H2,1H3. The second kappa shape index (κ2) is 5.59. The zero-order valence-electron chi connectivity index (χ0n) is 10.4. The van der Waals surface area contributed by atoms with Crippen molar-refractivity contribution >= 4 is 5.82 Å². The molecular weight excluding hydrogens is 241 g/mol. The third-order valence-electron chi connectivity index (χ3n) is 3.48. The summed E-state index contributed by atoms with van der Waals surface area (Å²) in [6.07, 6.45) is 4.21. The van der Waals surface area contributed by atoms with Crippen LogP contribution in [0.15, 0.2) is 6.07 Å². The normalized spacial score (nSPS) is 17.2. The predicted molar refractivity (Wildman–Crippen MR) is 64.0 cm³/mol. The second-order valence-electron chi connectivity index (χ2n) is 4.79. The lowest BCUT2D eigenvalue weighted by molar-refractivity contribution is 0.372. The summed E-state index contributed by atoms with van der Waals surface area (Å²) in [6.45, 7) is 3.45. The average Bonchev–Trinajstić information content (AvgIpc) is 2.35. The highest BCUT2D eigenvalue weighted by Crippen LogP contribution is 2.27. The fourth-order valence-corrected chi connectivity index (χ4v) is 2.50. The second-order valence-corrected chi connectivity index (χ2v) is 4.79. The molecule has 1 aromatic heterocycles. The molecule has 100 valence electrons. The summed E-state index contributed by atoms with van der Waals surface area (Å²) >= 11 is 0. The van der Waals surface area contributed by atoms with E-state index in [4.69, 9.17) is 0 Å². The van der Waals surface area contributed by atoms with Crippen molar-refractivity contribution < 1.29 is 13.2 Å². The molecule has 2 heterocycles. The first-order valence-corrected chi connectivity index (χ1v) is 6.38. The Balaban J connectivity index is 2.07. The predicted octanol–water partition coefficient (Wildman–Crippen LogP) is 3.52. The number of halogens is 3. The highest BCUT2D eigenvalue weighted by atomic mass is 19.2. The molecule has 2 rings (SSSR count). The first-order chi connectivity index (χ1) is 8.61. The van der Waals surface area contributed by atoms with Gasteiger partial charge in [-0.1, -0.05) is 19.8 Å². The quantitative estimate of drug-likeness (QED) is 0.771. The van der Waals surface area contributed by atoms with Crippen LogP contribution in [0.3, 0.4) is 0 Å². The summed E-state index contributed by atoms with van der Waals surface area (Å²) in [4.78, 5) is 5.07. The maximum atomic E-state index is 13.5. The summed E-state index contributed by atoms with van der Waals surface area (Å²) < 4.78 is 39.4. The van der Waals surface area contributed by atoms with Crippen molar-refractivity contribution in [3.8, 4) is 0 Å². The molecule has 0 N–H and O–H groups in total. The lowest BCUT2D eigenvalue weighted by Crippen LogP contribution is -2.35. The molecule has 0 saturated carbocycles. The van der Waals surface area contributed by atoms with E-state index in [1.54, 1.807) is 4.90 Å². The van der Waals surface area contributed by atoms with Gasteiger partial charge in [0.2, 0.25) is 0 Å². The Morgan fingerprint density at radius 3 is 2.50 bits per heavy atom. The number of hydrogen-bond acceptors (Lipinski definition) is 2. The Bertz CT molecular complexity index is 415. The van der Waals surface area contributed by atoms with Crippen LogP contribution in [0, 0.1) is 23.5 Å². The van der Waals surface area contributed by atoms with Gasteiger partial charge in [0.05, 0.1) is 0 Å². The minimum atomic E-state index is -1.24. The summed E-state index contributed by atoms with van der Waals surface area (Å²) in [6, 6.07) is 0.565. The molecule has 1 fully saturated rings. The molecule has 1 aliphatic rings. The van der Waals surface area contributed by atoms with Crippen LogP contribution in [0.5, 0.6) is 0 Å². The van der Waals surface area contributed by atoms with Gasteiger partial charge in [-0.05, 0) is 18.8 Å². The van der Waals surface area contributed by atoms with E-state index >= 15 is 0 Å². The van der Waals surface area contributed by atoms with Gasteiger partial charge in [0.1, 0.15) is 0 Å². The monoisotopic (exact) mass is 258 g/mol. The van der Waals surface area contributed by atoms with Crippen molar-refractivity contribution in [1.29, 1.82) is 0 Å². The average molecular weight is 258 g/mol. The number of piperidine rings is 1. The van der Waals surface area contributed by atoms with Crippen LogP contribution in [-0.2, 0) is 0 Å². The summed E-state index contributed by atoms with van der Waals surface area (Å²) in [5.41, 5.74) is 0. The molecule has 0 spiro atoms. The fourth-order valence-electron chi connectivity index (χ4n) is 2.50. The first kappa shape index (κ1) is 13.2. The lowest BCUT2D eigenvalue weighted by atomic mass is 9.92. The van der Waals surface area contributed by atoms with E-state index in [9.17, 15) is 13.2 Å². The summed E-state index contributed by atoms with van der Waals surface area (Å²) in [7, 11) is 0. The Morgan fingerprint density at radius 1 is 1.22 bits per heavy atom. The van der Waals surface area contributed by atoms with Crippen LogP contribution in [0.1, 0.15) is 32.6 Å². The largest absolute Gasteiger partial charge is 0.354 e. The minimum absolute atomic E-state index is 0.0659. The van der Waals surface area contributed by atoms with E-state index in [-0.39, 0.29) is 5.82 Å². The van der Waals surface area contributed by atoms with E-state index in [0.717, 1.165) is 19.3 Å². The minimum Gasteiger partial charge on any atom is -0.354 e. The third-order valence-corrected chi connectivity index (χ3v) is 3.48. The molecular formula is C13H17F3N2. The SMILES string of the molecule is CCCC1CCN(c2nc(F)c(F)cc2F)CC1. The zero-order valence-corrected chi connectivity index (χ0v) is 10.4. The number of aromatic nitrogens is 1. The van der Waals surface area contributed by atoms with Gasteiger partial charge >= 0.3 is 0 Å². The van der Waals surface area contributed by atoms with E-state index in [1.165, 1.54) is 6.42 Å². The Hall–Kier alpha value is -1.26. The lowest BCUT2D eigenvalue weighted by Gasteiger charge is -2.32. The van der Waals surface area contributed by atoms with Gasteiger partial charge in [0.15, 0.2) is 17.5 Å². The molecule has 0 aromatic carbocycles. The first-order valence-electron chi connectivity index (χ1n) is 6.38. The van der Waals surface area contributed by atoms with E-state index in [0.29, 0.717) is 25.1 Å². The summed E-state index contributed by atoms with van der Waals surface area (Å²) in [5, 5.41) is 0. The van der Waals surface area contributed by atoms with E-state index < -0.39 is 17.6 Å². The number of hydrogen-bond donors (Lipinski definition) is 0. The van der Waals surface area contributed by atoms with Crippen molar-refractivity contribution in [3.05, 3.63) is 23.6 Å². The van der Waals surface area contributed by atoms with Gasteiger partial charge in [-0.3, -0.25) is 0 Å². The van der Waals surface area contributed by atoms with Crippen LogP contribution < -0.4 is 4.90 Å². The molecule has 0 aliphatic carbocycles. The van der Waals surface area contributed by atoms with Gasteiger partial charge in [0.25, 0.3) is 5.95 Å². The molecule has 0 atom stereocenters. The van der Waals surface area contributed by atoms with Crippen LogP contribution in [-0.4, -0.2) is 18.1 Å². The topological polar surface area (TPSA) is 16.1 Å². The van der Waals surface area contributed by atoms with Gasteiger partial charge in [-0.25, -0.2) is 8.78 Å². The maximum absolute atomic E-state index is 13.5. The molecule has 0 bridgehead atoms. The smallest absolute Gasteiger partial charge is 0.251 e. The van der Waals surface area contributed by atoms with Gasteiger partial charge in [-0.2, -0.15) is 9.37 Å². The highest BCUT2D eigenvalue weighted by molar-refractivity contribution is 5.40. The van der Waals surface area contributed by atoms with Crippen molar-refractivity contribution in [2.75, 3.05) is 18.0 Å². The molecule has 2 nitrogen and oxygen atoms in total.